The number of carbonyl (C=O) groups is 1. The van der Waals surface area contributed by atoms with E-state index in [1.807, 2.05) is 24.3 Å². The summed E-state index contributed by atoms with van der Waals surface area (Å²) in [4.78, 5) is 21.1. The zero-order chi connectivity index (χ0) is 19.7. The first-order valence-electron chi connectivity index (χ1n) is 9.04. The molecule has 0 radical (unpaired) electrons. The molecule has 0 spiro atoms. The fraction of sp³-hybridized carbons (Fsp3) is 0.190. The van der Waals surface area contributed by atoms with Crippen molar-refractivity contribution in [3.8, 4) is 5.88 Å². The van der Waals surface area contributed by atoms with Gasteiger partial charge in [-0.1, -0.05) is 52.7 Å². The van der Waals surface area contributed by atoms with Gasteiger partial charge < -0.3 is 10.4 Å². The summed E-state index contributed by atoms with van der Waals surface area (Å²) in [7, 11) is 0. The highest BCUT2D eigenvalue weighted by atomic mass is 79.9. The van der Waals surface area contributed by atoms with Crippen LogP contribution >= 0.6 is 27.3 Å². The van der Waals surface area contributed by atoms with Gasteiger partial charge in [0.15, 0.2) is 5.13 Å². The van der Waals surface area contributed by atoms with Crippen molar-refractivity contribution in [2.45, 2.75) is 26.2 Å². The average molecular weight is 456 g/mol. The SMILES string of the molecule is CCCCc1ccc(Nc2nc(O)c(C3=c4cc(Br)ccc4=NC3=O)s2)cc1. The van der Waals surface area contributed by atoms with Crippen LogP contribution in [-0.4, -0.2) is 16.0 Å². The number of amides is 1. The van der Waals surface area contributed by atoms with Crippen molar-refractivity contribution >= 4 is 49.6 Å². The first kappa shape index (κ1) is 18.8. The van der Waals surface area contributed by atoms with Gasteiger partial charge in [0.2, 0.25) is 5.88 Å². The Hall–Kier alpha value is -2.51. The van der Waals surface area contributed by atoms with E-state index < -0.39 is 0 Å². The van der Waals surface area contributed by atoms with Crippen molar-refractivity contribution in [1.29, 1.82) is 0 Å². The van der Waals surface area contributed by atoms with Gasteiger partial charge in [-0.2, -0.15) is 4.98 Å². The molecule has 1 aliphatic rings. The normalized spacial score (nSPS) is 12.8. The number of carbonyl (C=O) groups excluding carboxylic acids is 1. The molecule has 142 valence electrons. The van der Waals surface area contributed by atoms with Crippen LogP contribution in [-0.2, 0) is 11.2 Å². The molecule has 0 bridgehead atoms. The van der Waals surface area contributed by atoms with Gasteiger partial charge in [-0.15, -0.1) is 0 Å². The van der Waals surface area contributed by atoms with E-state index in [1.165, 1.54) is 29.7 Å². The number of halogens is 1. The smallest absolute Gasteiger partial charge is 0.279 e. The van der Waals surface area contributed by atoms with Crippen molar-refractivity contribution in [3.63, 3.8) is 0 Å². The zero-order valence-corrected chi connectivity index (χ0v) is 17.6. The fourth-order valence-electron chi connectivity index (χ4n) is 3.09. The number of hydrogen-bond acceptors (Lipinski definition) is 5. The number of rotatable bonds is 6. The third-order valence-electron chi connectivity index (χ3n) is 4.52. The summed E-state index contributed by atoms with van der Waals surface area (Å²) in [6, 6.07) is 13.6. The Morgan fingerprint density at radius 3 is 2.71 bits per heavy atom. The lowest BCUT2D eigenvalue weighted by Gasteiger charge is -2.04. The van der Waals surface area contributed by atoms with Crippen molar-refractivity contribution in [1.82, 2.24) is 4.98 Å². The van der Waals surface area contributed by atoms with E-state index >= 15 is 0 Å². The molecule has 1 aromatic heterocycles. The maximum Gasteiger partial charge on any atom is 0.279 e. The molecule has 7 heteroatoms. The summed E-state index contributed by atoms with van der Waals surface area (Å²) in [6.45, 7) is 2.18. The monoisotopic (exact) mass is 455 g/mol. The molecule has 0 atom stereocenters. The number of nitrogens with one attached hydrogen (secondary N) is 1. The lowest BCUT2D eigenvalue weighted by molar-refractivity contribution is -0.112. The Labute approximate surface area is 174 Å². The summed E-state index contributed by atoms with van der Waals surface area (Å²) in [5.41, 5.74) is 2.57. The lowest BCUT2D eigenvalue weighted by atomic mass is 10.1. The molecule has 0 saturated carbocycles. The van der Waals surface area contributed by atoms with Gasteiger partial charge >= 0.3 is 0 Å². The van der Waals surface area contributed by atoms with Gasteiger partial charge in [-0.05, 0) is 48.7 Å². The second-order valence-corrected chi connectivity index (χ2v) is 8.47. The van der Waals surface area contributed by atoms with Gasteiger partial charge in [-0.25, -0.2) is 4.99 Å². The minimum absolute atomic E-state index is 0.168. The predicted molar refractivity (Wildman–Crippen MR) is 115 cm³/mol. The van der Waals surface area contributed by atoms with Gasteiger partial charge in [0.05, 0.1) is 10.9 Å². The molecule has 5 nitrogen and oxygen atoms in total. The number of nitrogens with zero attached hydrogens (tertiary/aromatic N) is 2. The molecule has 2 heterocycles. The van der Waals surface area contributed by atoms with Gasteiger partial charge in [0.1, 0.15) is 4.88 Å². The highest BCUT2D eigenvalue weighted by Gasteiger charge is 2.25. The molecule has 3 aromatic rings. The minimum Gasteiger partial charge on any atom is -0.492 e. The Kier molecular flexibility index (Phi) is 5.28. The van der Waals surface area contributed by atoms with E-state index in [2.05, 4.69) is 50.3 Å². The van der Waals surface area contributed by atoms with Crippen LogP contribution in [0.5, 0.6) is 5.88 Å². The van der Waals surface area contributed by atoms with Gasteiger partial charge in [0, 0.05) is 15.4 Å². The number of benzene rings is 2. The van der Waals surface area contributed by atoms with Crippen molar-refractivity contribution in [2.75, 3.05) is 5.32 Å². The molecule has 4 rings (SSSR count). The summed E-state index contributed by atoms with van der Waals surface area (Å²) in [6.07, 6.45) is 3.41. The van der Waals surface area contributed by atoms with Crippen molar-refractivity contribution < 1.29 is 9.90 Å². The van der Waals surface area contributed by atoms with Crippen LogP contribution in [0.3, 0.4) is 0 Å². The van der Waals surface area contributed by atoms with Crippen LogP contribution in [0, 0.1) is 0 Å². The van der Waals surface area contributed by atoms with Gasteiger partial charge in [0.25, 0.3) is 5.91 Å². The molecular weight excluding hydrogens is 438 g/mol. The second-order valence-electron chi connectivity index (χ2n) is 6.55. The Morgan fingerprint density at radius 2 is 1.96 bits per heavy atom. The van der Waals surface area contributed by atoms with Crippen molar-refractivity contribution in [3.05, 3.63) is 68.0 Å². The Bertz CT molecular complexity index is 1170. The lowest BCUT2D eigenvalue weighted by Crippen LogP contribution is -2.22. The highest BCUT2D eigenvalue weighted by molar-refractivity contribution is 9.10. The van der Waals surface area contributed by atoms with Crippen molar-refractivity contribution in [2.24, 2.45) is 4.99 Å². The number of anilines is 2. The number of fused-ring (bicyclic) bond motifs is 1. The molecule has 0 saturated heterocycles. The van der Waals surface area contributed by atoms with E-state index in [-0.39, 0.29) is 11.8 Å². The number of aromatic hydroxyl groups is 1. The van der Waals surface area contributed by atoms with E-state index in [1.54, 1.807) is 6.07 Å². The maximum absolute atomic E-state index is 12.4. The first-order chi connectivity index (χ1) is 13.5. The molecule has 0 fully saturated rings. The molecular formula is C21H18BrN3O2S. The van der Waals surface area contributed by atoms with E-state index in [4.69, 9.17) is 0 Å². The fourth-order valence-corrected chi connectivity index (χ4v) is 4.39. The van der Waals surface area contributed by atoms with E-state index in [0.29, 0.717) is 26.2 Å². The van der Waals surface area contributed by atoms with Crippen LogP contribution in [0.15, 0.2) is 51.9 Å². The summed E-state index contributed by atoms with van der Waals surface area (Å²) >= 11 is 4.66. The van der Waals surface area contributed by atoms with Crippen LogP contribution in [0.25, 0.3) is 5.57 Å². The average Bonchev–Trinajstić information content (AvgIpc) is 3.19. The highest BCUT2D eigenvalue weighted by Crippen LogP contribution is 2.35. The Morgan fingerprint density at radius 1 is 1.18 bits per heavy atom. The van der Waals surface area contributed by atoms with E-state index in [0.717, 1.165) is 16.6 Å². The van der Waals surface area contributed by atoms with Gasteiger partial charge in [-0.3, -0.25) is 4.79 Å². The summed E-state index contributed by atoms with van der Waals surface area (Å²) in [5, 5.41) is 15.4. The van der Waals surface area contributed by atoms with Crippen LogP contribution < -0.4 is 15.9 Å². The number of unbranched alkanes of at least 4 members (excludes halogenated alkanes) is 1. The molecule has 0 unspecified atom stereocenters. The predicted octanol–water partition coefficient (Wildman–Crippen LogP) is 4.06. The minimum atomic E-state index is -0.362. The molecule has 1 aliphatic heterocycles. The topological polar surface area (TPSA) is 74.6 Å². The first-order valence-corrected chi connectivity index (χ1v) is 10.6. The third-order valence-corrected chi connectivity index (χ3v) is 6.00. The van der Waals surface area contributed by atoms with Crippen LogP contribution in [0.1, 0.15) is 30.2 Å². The third kappa shape index (κ3) is 3.72. The maximum atomic E-state index is 12.4. The molecule has 1 amide bonds. The molecule has 2 N–H and O–H groups in total. The number of aryl methyl sites for hydroxylation is 1. The number of thiazole rings is 1. The largest absolute Gasteiger partial charge is 0.492 e. The van der Waals surface area contributed by atoms with Crippen LogP contribution in [0.4, 0.5) is 10.8 Å². The van der Waals surface area contributed by atoms with E-state index in [9.17, 15) is 9.90 Å². The quantitative estimate of drug-likeness (QED) is 0.587. The second kappa shape index (κ2) is 7.85. The number of hydrogen-bond donors (Lipinski definition) is 2. The Balaban J connectivity index is 1.64. The molecule has 2 aromatic carbocycles. The zero-order valence-electron chi connectivity index (χ0n) is 15.2. The molecule has 0 aliphatic carbocycles. The molecule has 28 heavy (non-hydrogen) atoms. The standard InChI is InChI=1S/C21H18BrN3O2S/c1-2-3-4-12-5-8-14(9-6-12)23-21-25-20(27)18(28-21)17-15-11-13(22)7-10-16(15)24-19(17)26/h5-11,27H,2-4H2,1H3,(H,23,25). The number of aromatic nitrogens is 1. The summed E-state index contributed by atoms with van der Waals surface area (Å²) < 4.78 is 0.846. The summed E-state index contributed by atoms with van der Waals surface area (Å²) in [5.74, 6) is -0.530. The van der Waals surface area contributed by atoms with Crippen LogP contribution in [0.2, 0.25) is 0 Å².